The van der Waals surface area contributed by atoms with Crippen LogP contribution in [-0.2, 0) is 9.47 Å². The zero-order valence-electron chi connectivity index (χ0n) is 12.2. The Balaban J connectivity index is 2.23. The van der Waals surface area contributed by atoms with Crippen molar-refractivity contribution in [2.45, 2.75) is 39.2 Å². The minimum atomic E-state index is 0.348. The van der Waals surface area contributed by atoms with Crippen molar-refractivity contribution in [3.63, 3.8) is 0 Å². The first kappa shape index (κ1) is 16.2. The molecule has 1 aliphatic rings. The van der Waals surface area contributed by atoms with E-state index in [1.165, 1.54) is 0 Å². The highest BCUT2D eigenvalue weighted by Gasteiger charge is 2.26. The molecule has 2 atom stereocenters. The Morgan fingerprint density at radius 2 is 2.32 bits per heavy atom. The van der Waals surface area contributed by atoms with Gasteiger partial charge in [0.1, 0.15) is 0 Å². The van der Waals surface area contributed by atoms with Crippen molar-refractivity contribution in [3.05, 3.63) is 0 Å². The van der Waals surface area contributed by atoms with Crippen LogP contribution in [0, 0.1) is 5.92 Å². The Kier molecular flexibility index (Phi) is 8.53. The summed E-state index contributed by atoms with van der Waals surface area (Å²) < 4.78 is 10.9. The summed E-state index contributed by atoms with van der Waals surface area (Å²) in [7, 11) is 0. The quantitative estimate of drug-likeness (QED) is 0.199. The number of aliphatic imine (C=N–C) groups is 1. The predicted molar refractivity (Wildman–Crippen MR) is 76.9 cm³/mol. The van der Waals surface area contributed by atoms with Gasteiger partial charge in [-0.3, -0.25) is 10.4 Å². The lowest BCUT2D eigenvalue weighted by Crippen LogP contribution is -2.42. The highest BCUT2D eigenvalue weighted by Crippen LogP contribution is 2.23. The van der Waals surface area contributed by atoms with E-state index in [0.717, 1.165) is 52.2 Å². The van der Waals surface area contributed by atoms with E-state index < -0.39 is 0 Å². The minimum Gasteiger partial charge on any atom is -0.382 e. The highest BCUT2D eigenvalue weighted by molar-refractivity contribution is 5.79. The van der Waals surface area contributed by atoms with Crippen molar-refractivity contribution in [1.29, 1.82) is 0 Å². The molecule has 112 valence electrons. The van der Waals surface area contributed by atoms with Crippen LogP contribution >= 0.6 is 0 Å². The molecule has 6 heteroatoms. The van der Waals surface area contributed by atoms with E-state index in [-0.39, 0.29) is 0 Å². The number of guanidine groups is 1. The second-order valence-corrected chi connectivity index (χ2v) is 4.68. The van der Waals surface area contributed by atoms with E-state index in [0.29, 0.717) is 18.0 Å². The maximum atomic E-state index is 5.65. The number of hydrazine groups is 1. The van der Waals surface area contributed by atoms with E-state index in [4.69, 9.17) is 15.3 Å². The molecule has 19 heavy (non-hydrogen) atoms. The SMILES string of the molecule is CCOCCCNC(=NCC1CCOC1CC)NN. The molecule has 6 nitrogen and oxygen atoms in total. The average Bonchev–Trinajstić information content (AvgIpc) is 2.89. The van der Waals surface area contributed by atoms with E-state index >= 15 is 0 Å². The third kappa shape index (κ3) is 6.22. The Morgan fingerprint density at radius 3 is 3.00 bits per heavy atom. The van der Waals surface area contributed by atoms with Gasteiger partial charge in [-0.1, -0.05) is 6.92 Å². The second kappa shape index (κ2) is 10.00. The smallest absolute Gasteiger partial charge is 0.205 e. The summed E-state index contributed by atoms with van der Waals surface area (Å²) in [6.07, 6.45) is 3.43. The van der Waals surface area contributed by atoms with Gasteiger partial charge in [0, 0.05) is 38.8 Å². The molecule has 1 fully saturated rings. The van der Waals surface area contributed by atoms with Crippen molar-refractivity contribution in [2.24, 2.45) is 16.8 Å². The molecule has 0 aliphatic carbocycles. The normalized spacial score (nSPS) is 23.6. The minimum absolute atomic E-state index is 0.348. The van der Waals surface area contributed by atoms with Crippen molar-refractivity contribution in [1.82, 2.24) is 10.7 Å². The third-order valence-corrected chi connectivity index (χ3v) is 3.33. The van der Waals surface area contributed by atoms with Gasteiger partial charge in [0.25, 0.3) is 0 Å². The van der Waals surface area contributed by atoms with Crippen LogP contribution in [-0.4, -0.2) is 45.0 Å². The van der Waals surface area contributed by atoms with Crippen molar-refractivity contribution < 1.29 is 9.47 Å². The van der Waals surface area contributed by atoms with Crippen molar-refractivity contribution in [3.8, 4) is 0 Å². The number of hydrogen-bond donors (Lipinski definition) is 3. The van der Waals surface area contributed by atoms with Gasteiger partial charge in [-0.25, -0.2) is 5.84 Å². The van der Waals surface area contributed by atoms with E-state index in [9.17, 15) is 0 Å². The molecule has 1 rings (SSSR count). The number of hydrogen-bond acceptors (Lipinski definition) is 4. The van der Waals surface area contributed by atoms with Gasteiger partial charge < -0.3 is 14.8 Å². The molecule has 0 saturated carbocycles. The summed E-state index contributed by atoms with van der Waals surface area (Å²) >= 11 is 0. The Hall–Kier alpha value is -0.850. The highest BCUT2D eigenvalue weighted by atomic mass is 16.5. The standard InChI is InChI=1S/C13H28N4O2/c1-3-12-11(6-9-19-12)10-16-13(17-14)15-7-5-8-18-4-2/h11-12H,3-10,14H2,1-2H3,(H2,15,16,17). The van der Waals surface area contributed by atoms with Crippen LogP contribution < -0.4 is 16.6 Å². The van der Waals surface area contributed by atoms with Crippen molar-refractivity contribution >= 4 is 5.96 Å². The van der Waals surface area contributed by atoms with Crippen LogP contribution in [0.25, 0.3) is 0 Å². The Bertz CT molecular complexity index is 261. The van der Waals surface area contributed by atoms with E-state index in [1.54, 1.807) is 0 Å². The topological polar surface area (TPSA) is 80.9 Å². The fourth-order valence-corrected chi connectivity index (χ4v) is 2.24. The summed E-state index contributed by atoms with van der Waals surface area (Å²) in [4.78, 5) is 4.49. The van der Waals surface area contributed by atoms with E-state index in [2.05, 4.69) is 22.7 Å². The second-order valence-electron chi connectivity index (χ2n) is 4.68. The molecule has 0 amide bonds. The number of rotatable bonds is 8. The lowest BCUT2D eigenvalue weighted by atomic mass is 10.0. The van der Waals surface area contributed by atoms with Crippen LogP contribution in [0.3, 0.4) is 0 Å². The first-order valence-electron chi connectivity index (χ1n) is 7.26. The van der Waals surface area contributed by atoms with Crippen LogP contribution in [0.5, 0.6) is 0 Å². The van der Waals surface area contributed by atoms with Gasteiger partial charge in [-0.05, 0) is 26.2 Å². The van der Waals surface area contributed by atoms with Crippen LogP contribution in [0.4, 0.5) is 0 Å². The molecular weight excluding hydrogens is 244 g/mol. The van der Waals surface area contributed by atoms with E-state index in [1.807, 2.05) is 6.92 Å². The number of ether oxygens (including phenoxy) is 2. The van der Waals surface area contributed by atoms with Gasteiger partial charge in [0.2, 0.25) is 5.96 Å². The molecule has 0 spiro atoms. The maximum absolute atomic E-state index is 5.65. The van der Waals surface area contributed by atoms with Gasteiger partial charge >= 0.3 is 0 Å². The van der Waals surface area contributed by atoms with Crippen molar-refractivity contribution in [2.75, 3.05) is 32.9 Å². The average molecular weight is 272 g/mol. The number of nitrogens with zero attached hydrogens (tertiary/aromatic N) is 1. The molecule has 2 unspecified atom stereocenters. The largest absolute Gasteiger partial charge is 0.382 e. The number of nitrogens with one attached hydrogen (secondary N) is 2. The number of nitrogens with two attached hydrogens (primary N) is 1. The molecule has 4 N–H and O–H groups in total. The lowest BCUT2D eigenvalue weighted by molar-refractivity contribution is 0.0892. The Labute approximate surface area is 116 Å². The predicted octanol–water partition coefficient (Wildman–Crippen LogP) is 0.637. The molecule has 0 aromatic heterocycles. The molecule has 1 heterocycles. The molecule has 0 bridgehead atoms. The summed E-state index contributed by atoms with van der Waals surface area (Å²) in [5.74, 6) is 6.62. The molecule has 1 saturated heterocycles. The van der Waals surface area contributed by atoms with Gasteiger partial charge in [0.05, 0.1) is 6.10 Å². The molecule has 0 aromatic rings. The molecule has 0 aromatic carbocycles. The lowest BCUT2D eigenvalue weighted by Gasteiger charge is -2.15. The monoisotopic (exact) mass is 272 g/mol. The first-order chi connectivity index (χ1) is 9.31. The van der Waals surface area contributed by atoms with Gasteiger partial charge in [-0.15, -0.1) is 0 Å². The Morgan fingerprint density at radius 1 is 1.47 bits per heavy atom. The summed E-state index contributed by atoms with van der Waals surface area (Å²) in [5.41, 5.74) is 2.61. The fourth-order valence-electron chi connectivity index (χ4n) is 2.24. The van der Waals surface area contributed by atoms with Crippen LogP contribution in [0.1, 0.15) is 33.1 Å². The first-order valence-corrected chi connectivity index (χ1v) is 7.26. The fraction of sp³-hybridized carbons (Fsp3) is 0.923. The summed E-state index contributed by atoms with van der Waals surface area (Å²) in [6.45, 7) is 8.09. The molecule has 0 radical (unpaired) electrons. The zero-order valence-corrected chi connectivity index (χ0v) is 12.2. The van der Waals surface area contributed by atoms with Crippen LogP contribution in [0.2, 0.25) is 0 Å². The summed E-state index contributed by atoms with van der Waals surface area (Å²) in [6, 6.07) is 0. The maximum Gasteiger partial charge on any atom is 0.205 e. The third-order valence-electron chi connectivity index (χ3n) is 3.33. The zero-order chi connectivity index (χ0) is 13.9. The van der Waals surface area contributed by atoms with Gasteiger partial charge in [0.15, 0.2) is 0 Å². The summed E-state index contributed by atoms with van der Waals surface area (Å²) in [5, 5.41) is 3.18. The van der Waals surface area contributed by atoms with Gasteiger partial charge in [-0.2, -0.15) is 0 Å². The molecule has 1 aliphatic heterocycles. The molecular formula is C13H28N4O2. The van der Waals surface area contributed by atoms with Crippen LogP contribution in [0.15, 0.2) is 4.99 Å².